The van der Waals surface area contributed by atoms with Crippen molar-refractivity contribution in [3.05, 3.63) is 34.2 Å². The molecule has 1 aromatic carbocycles. The van der Waals surface area contributed by atoms with Gasteiger partial charge in [0.25, 0.3) is 11.1 Å². The van der Waals surface area contributed by atoms with Crippen LogP contribution in [0.15, 0.2) is 23.1 Å². The molecule has 0 unspecified atom stereocenters. The molecular formula is C15H16N2O2S. The normalized spacial score (nSPS) is 20.2. The highest BCUT2D eigenvalue weighted by molar-refractivity contribution is 8.18. The molecule has 0 bridgehead atoms. The molecule has 4 nitrogen and oxygen atoms in total. The second-order valence-corrected chi connectivity index (χ2v) is 5.94. The lowest BCUT2D eigenvalue weighted by molar-refractivity contribution is -0.115. The maximum absolute atomic E-state index is 11.5. The third-order valence-corrected chi connectivity index (χ3v) is 4.45. The van der Waals surface area contributed by atoms with E-state index in [0.29, 0.717) is 4.91 Å². The van der Waals surface area contributed by atoms with Gasteiger partial charge in [-0.05, 0) is 60.9 Å². The van der Waals surface area contributed by atoms with Crippen molar-refractivity contribution in [1.82, 2.24) is 5.32 Å². The van der Waals surface area contributed by atoms with Gasteiger partial charge in [-0.2, -0.15) is 0 Å². The van der Waals surface area contributed by atoms with E-state index >= 15 is 0 Å². The molecule has 2 aliphatic rings. The summed E-state index contributed by atoms with van der Waals surface area (Å²) in [5, 5.41) is 1.98. The monoisotopic (exact) mass is 288 g/mol. The molecule has 0 radical (unpaired) electrons. The van der Waals surface area contributed by atoms with Crippen molar-refractivity contribution in [2.75, 3.05) is 18.0 Å². The minimum absolute atomic E-state index is 0.295. The number of carbonyl (C=O) groups excluding carboxylic acids is 2. The van der Waals surface area contributed by atoms with Crippen LogP contribution in [0.25, 0.3) is 6.08 Å². The number of anilines is 1. The highest BCUT2D eigenvalue weighted by atomic mass is 32.2. The number of aryl methyl sites for hydroxylation is 1. The number of amides is 2. The summed E-state index contributed by atoms with van der Waals surface area (Å²) in [6, 6.07) is 6.25. The highest BCUT2D eigenvalue weighted by Crippen LogP contribution is 2.30. The fourth-order valence-electron chi connectivity index (χ4n) is 2.69. The van der Waals surface area contributed by atoms with Crippen molar-refractivity contribution < 1.29 is 9.59 Å². The van der Waals surface area contributed by atoms with Crippen LogP contribution >= 0.6 is 11.8 Å². The number of hydrogen-bond acceptors (Lipinski definition) is 4. The minimum Gasteiger partial charge on any atom is -0.372 e. The van der Waals surface area contributed by atoms with Crippen molar-refractivity contribution in [3.8, 4) is 0 Å². The highest BCUT2D eigenvalue weighted by Gasteiger charge is 2.25. The van der Waals surface area contributed by atoms with Gasteiger partial charge in [-0.15, -0.1) is 0 Å². The summed E-state index contributed by atoms with van der Waals surface area (Å²) < 4.78 is 0. The average Bonchev–Trinajstić information content (AvgIpc) is 2.76. The van der Waals surface area contributed by atoms with Gasteiger partial charge in [0.15, 0.2) is 0 Å². The second-order valence-electron chi connectivity index (χ2n) is 4.92. The first kappa shape index (κ1) is 13.2. The van der Waals surface area contributed by atoms with Crippen LogP contribution in [-0.4, -0.2) is 24.2 Å². The predicted octanol–water partition coefficient (Wildman–Crippen LogP) is 2.78. The van der Waals surface area contributed by atoms with E-state index < -0.39 is 0 Å². The summed E-state index contributed by atoms with van der Waals surface area (Å²) in [7, 11) is 0. The third kappa shape index (κ3) is 2.45. The molecule has 1 aromatic rings. The Morgan fingerprint density at radius 1 is 1.40 bits per heavy atom. The van der Waals surface area contributed by atoms with E-state index in [9.17, 15) is 9.59 Å². The number of nitrogens with one attached hydrogen (secondary N) is 1. The number of nitrogens with zero attached hydrogens (tertiary/aromatic N) is 1. The number of thioether (sulfide) groups is 1. The summed E-state index contributed by atoms with van der Waals surface area (Å²) in [4.78, 5) is 25.5. The Bertz CT molecular complexity index is 610. The zero-order valence-corrected chi connectivity index (χ0v) is 12.1. The van der Waals surface area contributed by atoms with Crippen molar-refractivity contribution >= 4 is 34.7 Å². The molecule has 5 heteroatoms. The van der Waals surface area contributed by atoms with Gasteiger partial charge in [0.05, 0.1) is 4.91 Å². The van der Waals surface area contributed by atoms with Crippen molar-refractivity contribution in [1.29, 1.82) is 0 Å². The number of rotatable bonds is 2. The Hall–Kier alpha value is -1.75. The molecule has 1 fully saturated rings. The van der Waals surface area contributed by atoms with Gasteiger partial charge in [-0.1, -0.05) is 6.07 Å². The van der Waals surface area contributed by atoms with E-state index in [0.717, 1.165) is 43.3 Å². The fraction of sp³-hybridized carbons (Fsp3) is 0.333. The standard InChI is InChI=1S/C15H16N2O2S/c1-2-17-7-3-4-11-8-10(5-6-12(11)17)9-13-14(18)16-15(19)20-13/h5-6,8-9H,2-4,7H2,1H3,(H,16,18,19). The molecule has 3 rings (SSSR count). The predicted molar refractivity (Wildman–Crippen MR) is 81.8 cm³/mol. The number of imide groups is 1. The summed E-state index contributed by atoms with van der Waals surface area (Å²) in [6.45, 7) is 4.28. The van der Waals surface area contributed by atoms with Crippen molar-refractivity contribution in [3.63, 3.8) is 0 Å². The minimum atomic E-state index is -0.298. The Morgan fingerprint density at radius 2 is 2.25 bits per heavy atom. The molecular weight excluding hydrogens is 272 g/mol. The summed E-state index contributed by atoms with van der Waals surface area (Å²) in [5.74, 6) is -0.298. The van der Waals surface area contributed by atoms with Crippen LogP contribution < -0.4 is 10.2 Å². The van der Waals surface area contributed by atoms with Gasteiger partial charge < -0.3 is 4.90 Å². The lowest BCUT2D eigenvalue weighted by atomic mass is 9.99. The lowest BCUT2D eigenvalue weighted by Gasteiger charge is -2.30. The molecule has 2 amide bonds. The van der Waals surface area contributed by atoms with E-state index in [1.54, 1.807) is 6.08 Å². The maximum Gasteiger partial charge on any atom is 0.290 e. The molecule has 0 spiro atoms. The zero-order valence-electron chi connectivity index (χ0n) is 11.3. The van der Waals surface area contributed by atoms with Crippen LogP contribution in [0.1, 0.15) is 24.5 Å². The molecule has 0 saturated carbocycles. The van der Waals surface area contributed by atoms with E-state index in [1.807, 2.05) is 6.07 Å². The molecule has 104 valence electrons. The average molecular weight is 288 g/mol. The molecule has 20 heavy (non-hydrogen) atoms. The Kier molecular flexibility index (Phi) is 3.53. The van der Waals surface area contributed by atoms with E-state index in [-0.39, 0.29) is 11.1 Å². The third-order valence-electron chi connectivity index (χ3n) is 3.64. The van der Waals surface area contributed by atoms with E-state index in [4.69, 9.17) is 0 Å². The molecule has 0 aromatic heterocycles. The Labute approximate surface area is 122 Å². The van der Waals surface area contributed by atoms with Crippen LogP contribution in [0.4, 0.5) is 10.5 Å². The van der Waals surface area contributed by atoms with Gasteiger partial charge in [0, 0.05) is 18.8 Å². The van der Waals surface area contributed by atoms with Gasteiger partial charge in [0.1, 0.15) is 0 Å². The maximum atomic E-state index is 11.5. The molecule has 0 aliphatic carbocycles. The molecule has 1 saturated heterocycles. The smallest absolute Gasteiger partial charge is 0.290 e. The van der Waals surface area contributed by atoms with Crippen LogP contribution in [0.5, 0.6) is 0 Å². The molecule has 1 N–H and O–H groups in total. The summed E-state index contributed by atoms with van der Waals surface area (Å²) >= 11 is 0.962. The van der Waals surface area contributed by atoms with Gasteiger partial charge in [-0.3, -0.25) is 14.9 Å². The molecule has 2 aliphatic heterocycles. The number of carbonyl (C=O) groups is 2. The summed E-state index contributed by atoms with van der Waals surface area (Å²) in [6.07, 6.45) is 4.02. The van der Waals surface area contributed by atoms with Gasteiger partial charge in [-0.25, -0.2) is 0 Å². The second kappa shape index (κ2) is 5.32. The Morgan fingerprint density at radius 3 is 2.95 bits per heavy atom. The number of benzene rings is 1. The largest absolute Gasteiger partial charge is 0.372 e. The lowest BCUT2D eigenvalue weighted by Crippen LogP contribution is -2.28. The quantitative estimate of drug-likeness (QED) is 0.850. The van der Waals surface area contributed by atoms with Crippen LogP contribution in [0.3, 0.4) is 0 Å². The van der Waals surface area contributed by atoms with E-state index in [1.165, 1.54) is 11.3 Å². The topological polar surface area (TPSA) is 49.4 Å². The van der Waals surface area contributed by atoms with Crippen molar-refractivity contribution in [2.24, 2.45) is 0 Å². The van der Waals surface area contributed by atoms with Crippen LogP contribution in [0, 0.1) is 0 Å². The Balaban J connectivity index is 1.91. The SMILES string of the molecule is CCN1CCCc2cc(C=C3SC(=O)NC3=O)ccc21. The first-order valence-electron chi connectivity index (χ1n) is 6.80. The molecule has 2 heterocycles. The number of fused-ring (bicyclic) bond motifs is 1. The van der Waals surface area contributed by atoms with Crippen molar-refractivity contribution in [2.45, 2.75) is 19.8 Å². The van der Waals surface area contributed by atoms with Gasteiger partial charge >= 0.3 is 0 Å². The molecule has 0 atom stereocenters. The zero-order chi connectivity index (χ0) is 14.1. The van der Waals surface area contributed by atoms with E-state index in [2.05, 4.69) is 29.3 Å². The first-order chi connectivity index (χ1) is 9.67. The van der Waals surface area contributed by atoms with Gasteiger partial charge in [0.2, 0.25) is 0 Å². The van der Waals surface area contributed by atoms with Crippen LogP contribution in [-0.2, 0) is 11.2 Å². The first-order valence-corrected chi connectivity index (χ1v) is 7.62. The summed E-state index contributed by atoms with van der Waals surface area (Å²) in [5.41, 5.74) is 3.59. The van der Waals surface area contributed by atoms with Crippen LogP contribution in [0.2, 0.25) is 0 Å². The number of hydrogen-bond donors (Lipinski definition) is 1. The fourth-order valence-corrected chi connectivity index (χ4v) is 3.37.